The van der Waals surface area contributed by atoms with Crippen LogP contribution in [0.15, 0.2) is 54.1 Å². The van der Waals surface area contributed by atoms with Crippen molar-refractivity contribution in [3.63, 3.8) is 0 Å². The molecular formula is C21H28N2O. The molecule has 0 saturated carbocycles. The monoisotopic (exact) mass is 324 g/mol. The molecule has 1 amide bonds. The Morgan fingerprint density at radius 2 is 2.00 bits per heavy atom. The van der Waals surface area contributed by atoms with Gasteiger partial charge in [0.2, 0.25) is 5.91 Å². The number of piperidine rings is 1. The summed E-state index contributed by atoms with van der Waals surface area (Å²) in [5.74, 6) is 0.798. The number of rotatable bonds is 5. The summed E-state index contributed by atoms with van der Waals surface area (Å²) < 4.78 is 0. The van der Waals surface area contributed by atoms with Crippen LogP contribution in [0.5, 0.6) is 0 Å². The van der Waals surface area contributed by atoms with E-state index in [1.165, 1.54) is 5.57 Å². The topological polar surface area (TPSA) is 41.1 Å². The van der Waals surface area contributed by atoms with Gasteiger partial charge in [-0.3, -0.25) is 4.79 Å². The summed E-state index contributed by atoms with van der Waals surface area (Å²) in [4.78, 5) is 13.1. The first-order valence-corrected chi connectivity index (χ1v) is 9.07. The molecule has 3 heteroatoms. The van der Waals surface area contributed by atoms with E-state index in [4.69, 9.17) is 0 Å². The molecule has 1 aromatic carbocycles. The van der Waals surface area contributed by atoms with Crippen molar-refractivity contribution in [2.75, 3.05) is 13.1 Å². The van der Waals surface area contributed by atoms with Crippen molar-refractivity contribution in [1.29, 1.82) is 0 Å². The van der Waals surface area contributed by atoms with Gasteiger partial charge in [-0.25, -0.2) is 0 Å². The maximum atomic E-state index is 13.1. The maximum Gasteiger partial charge on any atom is 0.226 e. The summed E-state index contributed by atoms with van der Waals surface area (Å²) in [6.07, 6.45) is 10.4. The molecule has 3 nitrogen and oxygen atoms in total. The van der Waals surface area contributed by atoms with Gasteiger partial charge in [0.15, 0.2) is 0 Å². The lowest BCUT2D eigenvalue weighted by molar-refractivity contribution is -0.132. The van der Waals surface area contributed by atoms with E-state index >= 15 is 0 Å². The van der Waals surface area contributed by atoms with Gasteiger partial charge in [0, 0.05) is 6.54 Å². The fourth-order valence-electron chi connectivity index (χ4n) is 3.85. The molecule has 128 valence electrons. The van der Waals surface area contributed by atoms with Gasteiger partial charge in [-0.1, -0.05) is 61.1 Å². The molecule has 0 radical (unpaired) electrons. The Morgan fingerprint density at radius 3 is 2.71 bits per heavy atom. The molecule has 2 aliphatic rings. The Balaban J connectivity index is 1.69. The quantitative estimate of drug-likeness (QED) is 0.869. The fraction of sp³-hybridized carbons (Fsp3) is 0.476. The molecule has 1 aliphatic heterocycles. The van der Waals surface area contributed by atoms with Gasteiger partial charge in [-0.05, 0) is 50.3 Å². The van der Waals surface area contributed by atoms with E-state index in [-0.39, 0.29) is 11.3 Å². The van der Waals surface area contributed by atoms with E-state index in [1.54, 1.807) is 0 Å². The number of nitrogens with one attached hydrogen (secondary N) is 2. The normalized spacial score (nSPS) is 22.7. The van der Waals surface area contributed by atoms with Crippen molar-refractivity contribution in [3.05, 3.63) is 59.7 Å². The Morgan fingerprint density at radius 1 is 1.25 bits per heavy atom. The van der Waals surface area contributed by atoms with Crippen LogP contribution in [0.3, 0.4) is 0 Å². The Kier molecular flexibility index (Phi) is 5.52. The standard InChI is InChI=1S/C21H28N2O/c1-17-6-5-9-19(14-17)15-21(10-12-22-13-11-21)20(24)23-16-18-7-3-2-4-8-18/h2-9,17,22H,10-16H2,1H3,(H,23,24). The van der Waals surface area contributed by atoms with Gasteiger partial charge in [-0.15, -0.1) is 0 Å². The summed E-state index contributed by atoms with van der Waals surface area (Å²) in [6.45, 7) is 4.72. The van der Waals surface area contributed by atoms with Gasteiger partial charge in [-0.2, -0.15) is 0 Å². The number of allylic oxidation sites excluding steroid dienone is 4. The molecule has 1 fully saturated rings. The lowest BCUT2D eigenvalue weighted by Gasteiger charge is -2.37. The maximum absolute atomic E-state index is 13.1. The van der Waals surface area contributed by atoms with Crippen molar-refractivity contribution in [1.82, 2.24) is 10.6 Å². The minimum atomic E-state index is -0.253. The number of hydrogen-bond acceptors (Lipinski definition) is 2. The molecule has 24 heavy (non-hydrogen) atoms. The summed E-state index contributed by atoms with van der Waals surface area (Å²) in [6, 6.07) is 10.2. The SMILES string of the molecule is CC1C=CC=C(CC2(C(=O)NCc3ccccc3)CCNCC2)C1. The molecule has 1 aromatic rings. The highest BCUT2D eigenvalue weighted by Crippen LogP contribution is 2.38. The van der Waals surface area contributed by atoms with Gasteiger partial charge >= 0.3 is 0 Å². The van der Waals surface area contributed by atoms with Gasteiger partial charge in [0.25, 0.3) is 0 Å². The fourth-order valence-corrected chi connectivity index (χ4v) is 3.85. The Hall–Kier alpha value is -1.87. The molecule has 2 N–H and O–H groups in total. The van der Waals surface area contributed by atoms with Crippen LogP contribution in [0.1, 0.15) is 38.2 Å². The predicted molar refractivity (Wildman–Crippen MR) is 98.4 cm³/mol. The Labute approximate surface area is 145 Å². The van der Waals surface area contributed by atoms with Crippen LogP contribution in [0, 0.1) is 11.3 Å². The highest BCUT2D eigenvalue weighted by atomic mass is 16.2. The van der Waals surface area contributed by atoms with Crippen LogP contribution >= 0.6 is 0 Å². The number of carbonyl (C=O) groups is 1. The smallest absolute Gasteiger partial charge is 0.226 e. The zero-order valence-electron chi connectivity index (χ0n) is 14.6. The van der Waals surface area contributed by atoms with E-state index in [2.05, 4.69) is 47.9 Å². The first kappa shape index (κ1) is 17.0. The zero-order valence-corrected chi connectivity index (χ0v) is 14.6. The van der Waals surface area contributed by atoms with Crippen molar-refractivity contribution < 1.29 is 4.79 Å². The third-order valence-corrected chi connectivity index (χ3v) is 5.26. The average molecular weight is 324 g/mol. The van der Waals surface area contributed by atoms with Gasteiger partial charge in [0.05, 0.1) is 5.41 Å². The van der Waals surface area contributed by atoms with Crippen molar-refractivity contribution in [3.8, 4) is 0 Å². The molecular weight excluding hydrogens is 296 g/mol. The average Bonchev–Trinajstić information content (AvgIpc) is 2.61. The van der Waals surface area contributed by atoms with Crippen LogP contribution < -0.4 is 10.6 Å². The molecule has 1 unspecified atom stereocenters. The van der Waals surface area contributed by atoms with Crippen LogP contribution in [0.2, 0.25) is 0 Å². The van der Waals surface area contributed by atoms with Gasteiger partial charge in [0.1, 0.15) is 0 Å². The van der Waals surface area contributed by atoms with E-state index < -0.39 is 0 Å². The largest absolute Gasteiger partial charge is 0.352 e. The van der Waals surface area contributed by atoms with Crippen LogP contribution in [0.25, 0.3) is 0 Å². The number of hydrogen-bond donors (Lipinski definition) is 2. The molecule has 0 spiro atoms. The third kappa shape index (κ3) is 4.15. The summed E-state index contributed by atoms with van der Waals surface area (Å²) in [5.41, 5.74) is 2.32. The Bertz CT molecular complexity index is 612. The van der Waals surface area contributed by atoms with Crippen molar-refractivity contribution >= 4 is 5.91 Å². The lowest BCUT2D eigenvalue weighted by Crippen LogP contribution is -2.47. The minimum absolute atomic E-state index is 0.218. The summed E-state index contributed by atoms with van der Waals surface area (Å²) in [7, 11) is 0. The van der Waals surface area contributed by atoms with Crippen molar-refractivity contribution in [2.45, 2.75) is 39.2 Å². The second-order valence-corrected chi connectivity index (χ2v) is 7.27. The second-order valence-electron chi connectivity index (χ2n) is 7.27. The highest BCUT2D eigenvalue weighted by molar-refractivity contribution is 5.83. The van der Waals surface area contributed by atoms with Crippen molar-refractivity contribution in [2.24, 2.45) is 11.3 Å². The molecule has 1 heterocycles. The highest BCUT2D eigenvalue weighted by Gasteiger charge is 2.40. The van der Waals surface area contributed by atoms with Gasteiger partial charge < -0.3 is 10.6 Å². The molecule has 1 aliphatic carbocycles. The lowest BCUT2D eigenvalue weighted by atomic mass is 9.71. The van der Waals surface area contributed by atoms with Crippen LogP contribution in [-0.4, -0.2) is 19.0 Å². The van der Waals surface area contributed by atoms with E-state index in [1.807, 2.05) is 18.2 Å². The van der Waals surface area contributed by atoms with E-state index in [0.29, 0.717) is 12.5 Å². The summed E-state index contributed by atoms with van der Waals surface area (Å²) in [5, 5.41) is 6.60. The first-order chi connectivity index (χ1) is 11.7. The third-order valence-electron chi connectivity index (χ3n) is 5.26. The minimum Gasteiger partial charge on any atom is -0.352 e. The number of amides is 1. The zero-order chi connectivity index (χ0) is 16.8. The molecule has 1 saturated heterocycles. The second kappa shape index (κ2) is 7.80. The predicted octanol–water partition coefficient (Wildman–Crippen LogP) is 3.59. The van der Waals surface area contributed by atoms with Crippen LogP contribution in [0.4, 0.5) is 0 Å². The first-order valence-electron chi connectivity index (χ1n) is 9.07. The molecule has 0 bridgehead atoms. The molecule has 1 atom stereocenters. The molecule has 3 rings (SSSR count). The van der Waals surface area contributed by atoms with E-state index in [9.17, 15) is 4.79 Å². The molecule has 0 aromatic heterocycles. The number of carbonyl (C=O) groups excluding carboxylic acids is 1. The van der Waals surface area contributed by atoms with E-state index in [0.717, 1.165) is 44.3 Å². The number of benzene rings is 1. The van der Waals surface area contributed by atoms with Crippen LogP contribution in [-0.2, 0) is 11.3 Å². The summed E-state index contributed by atoms with van der Waals surface area (Å²) >= 11 is 0.